The second-order valence-electron chi connectivity index (χ2n) is 6.52. The molecule has 1 fully saturated rings. The summed E-state index contributed by atoms with van der Waals surface area (Å²) in [5, 5.41) is 0.951. The number of thiazole rings is 1. The number of likely N-dealkylation sites (tertiary alicyclic amines) is 1. The van der Waals surface area contributed by atoms with Gasteiger partial charge in [0.1, 0.15) is 23.2 Å². The zero-order chi connectivity index (χ0) is 19.7. The number of methoxy groups -OCH3 is 1. The van der Waals surface area contributed by atoms with E-state index in [9.17, 15) is 9.18 Å². The van der Waals surface area contributed by atoms with Crippen LogP contribution in [0.4, 0.5) is 4.39 Å². The van der Waals surface area contributed by atoms with Crippen molar-refractivity contribution in [2.45, 2.75) is 18.9 Å². The number of halogens is 2. The van der Waals surface area contributed by atoms with E-state index < -0.39 is 0 Å². The summed E-state index contributed by atoms with van der Waals surface area (Å²) in [7, 11) is 1.53. The summed E-state index contributed by atoms with van der Waals surface area (Å²) in [6.07, 6.45) is 1.29. The largest absolute Gasteiger partial charge is 0.496 e. The highest BCUT2D eigenvalue weighted by Crippen LogP contribution is 2.31. The van der Waals surface area contributed by atoms with Crippen molar-refractivity contribution in [1.29, 1.82) is 0 Å². The summed E-state index contributed by atoms with van der Waals surface area (Å²) in [6, 6.07) is 9.88. The normalized spacial score (nSPS) is 15.0. The van der Waals surface area contributed by atoms with E-state index in [2.05, 4.69) is 4.98 Å². The van der Waals surface area contributed by atoms with Gasteiger partial charge in [0.25, 0.3) is 11.1 Å². The monoisotopic (exact) mass is 420 g/mol. The molecule has 0 saturated carbocycles. The highest BCUT2D eigenvalue weighted by molar-refractivity contribution is 7.20. The first-order valence-electron chi connectivity index (χ1n) is 8.89. The third-order valence-electron chi connectivity index (χ3n) is 4.74. The maximum Gasteiger partial charge on any atom is 0.274 e. The number of ether oxygens (including phenoxy) is 2. The molecular weight excluding hydrogens is 403 g/mol. The Balaban J connectivity index is 1.41. The molecule has 2 heterocycles. The third-order valence-corrected chi connectivity index (χ3v) is 5.89. The van der Waals surface area contributed by atoms with Gasteiger partial charge in [-0.15, -0.1) is 0 Å². The molecule has 1 aromatic heterocycles. The van der Waals surface area contributed by atoms with Crippen LogP contribution in [-0.4, -0.2) is 42.1 Å². The lowest BCUT2D eigenvalue weighted by atomic mass is 10.1. The number of piperidine rings is 1. The third kappa shape index (κ3) is 3.77. The lowest BCUT2D eigenvalue weighted by Crippen LogP contribution is -2.41. The summed E-state index contributed by atoms with van der Waals surface area (Å²) >= 11 is 7.37. The van der Waals surface area contributed by atoms with Gasteiger partial charge >= 0.3 is 0 Å². The van der Waals surface area contributed by atoms with Crippen LogP contribution in [0.1, 0.15) is 23.2 Å². The highest BCUT2D eigenvalue weighted by atomic mass is 35.5. The minimum absolute atomic E-state index is 0.0612. The summed E-state index contributed by atoms with van der Waals surface area (Å²) < 4.78 is 25.8. The average molecular weight is 421 g/mol. The number of benzene rings is 2. The number of hydrogen-bond donors (Lipinski definition) is 0. The molecule has 28 heavy (non-hydrogen) atoms. The summed E-state index contributed by atoms with van der Waals surface area (Å²) in [5.41, 5.74) is 0.791. The van der Waals surface area contributed by atoms with E-state index in [0.29, 0.717) is 53.0 Å². The van der Waals surface area contributed by atoms with Crippen LogP contribution in [0.3, 0.4) is 0 Å². The van der Waals surface area contributed by atoms with Crippen molar-refractivity contribution in [3.8, 4) is 10.9 Å². The molecule has 4 rings (SSSR count). The fourth-order valence-corrected chi connectivity index (χ4v) is 4.35. The van der Waals surface area contributed by atoms with E-state index in [1.165, 1.54) is 24.5 Å². The van der Waals surface area contributed by atoms with Gasteiger partial charge in [-0.1, -0.05) is 29.0 Å². The topological polar surface area (TPSA) is 51.7 Å². The van der Waals surface area contributed by atoms with Gasteiger partial charge in [-0.25, -0.2) is 4.39 Å². The van der Waals surface area contributed by atoms with Crippen LogP contribution >= 0.6 is 22.9 Å². The molecule has 1 aliphatic rings. The van der Waals surface area contributed by atoms with Crippen molar-refractivity contribution in [3.63, 3.8) is 0 Å². The minimum Gasteiger partial charge on any atom is -0.496 e. The van der Waals surface area contributed by atoms with Gasteiger partial charge in [0.2, 0.25) is 0 Å². The Labute approximate surface area is 170 Å². The second kappa shape index (κ2) is 7.93. The van der Waals surface area contributed by atoms with Crippen molar-refractivity contribution in [1.82, 2.24) is 9.88 Å². The lowest BCUT2D eigenvalue weighted by Gasteiger charge is -2.32. The quantitative estimate of drug-likeness (QED) is 0.609. The van der Waals surface area contributed by atoms with Crippen molar-refractivity contribution in [2.24, 2.45) is 0 Å². The first-order valence-corrected chi connectivity index (χ1v) is 10.1. The number of aromatic nitrogens is 1. The Morgan fingerprint density at radius 2 is 2.07 bits per heavy atom. The first-order chi connectivity index (χ1) is 13.5. The molecule has 0 spiro atoms. The van der Waals surface area contributed by atoms with E-state index in [1.807, 2.05) is 6.07 Å². The lowest BCUT2D eigenvalue weighted by molar-refractivity contribution is 0.0592. The zero-order valence-corrected chi connectivity index (χ0v) is 16.7. The minimum atomic E-state index is -0.348. The van der Waals surface area contributed by atoms with Gasteiger partial charge in [0, 0.05) is 31.0 Å². The van der Waals surface area contributed by atoms with Gasteiger partial charge in [0.05, 0.1) is 17.4 Å². The zero-order valence-electron chi connectivity index (χ0n) is 15.2. The molecule has 2 aromatic carbocycles. The number of carbonyl (C=O) groups excluding carboxylic acids is 1. The Bertz CT molecular complexity index is 1020. The Morgan fingerprint density at radius 3 is 2.79 bits per heavy atom. The number of hydrogen-bond acceptors (Lipinski definition) is 5. The van der Waals surface area contributed by atoms with Gasteiger partial charge in [-0.2, -0.15) is 4.98 Å². The molecule has 0 aliphatic carbocycles. The molecule has 1 aliphatic heterocycles. The molecule has 0 atom stereocenters. The molecule has 1 amide bonds. The van der Waals surface area contributed by atoms with Crippen LogP contribution in [-0.2, 0) is 0 Å². The number of para-hydroxylation sites is 1. The van der Waals surface area contributed by atoms with Crippen molar-refractivity contribution >= 4 is 39.1 Å². The molecule has 0 N–H and O–H groups in total. The fraction of sp³-hybridized carbons (Fsp3) is 0.300. The number of amides is 1. The first kappa shape index (κ1) is 19.0. The Morgan fingerprint density at radius 1 is 1.29 bits per heavy atom. The van der Waals surface area contributed by atoms with E-state index in [1.54, 1.807) is 29.2 Å². The summed E-state index contributed by atoms with van der Waals surface area (Å²) in [6.45, 7) is 1.11. The molecule has 146 valence electrons. The van der Waals surface area contributed by atoms with Crippen LogP contribution < -0.4 is 9.47 Å². The molecular formula is C20H18ClFN2O3S. The average Bonchev–Trinajstić information content (AvgIpc) is 3.12. The van der Waals surface area contributed by atoms with Crippen LogP contribution in [0.15, 0.2) is 36.4 Å². The van der Waals surface area contributed by atoms with E-state index >= 15 is 0 Å². The predicted molar refractivity (Wildman–Crippen MR) is 107 cm³/mol. The SMILES string of the molecule is COc1ccc(Cl)cc1C(=O)N1CCC(Oc2nc3c(F)cccc3s2)CC1. The Kier molecular flexibility index (Phi) is 5.37. The molecule has 8 heteroatoms. The van der Waals surface area contributed by atoms with Crippen LogP contribution in [0.2, 0.25) is 5.02 Å². The molecule has 5 nitrogen and oxygen atoms in total. The maximum absolute atomic E-state index is 13.8. The van der Waals surface area contributed by atoms with Gasteiger partial charge in [0.15, 0.2) is 0 Å². The van der Waals surface area contributed by atoms with Gasteiger partial charge < -0.3 is 14.4 Å². The molecule has 0 radical (unpaired) electrons. The van der Waals surface area contributed by atoms with Crippen LogP contribution in [0, 0.1) is 5.82 Å². The van der Waals surface area contributed by atoms with E-state index in [0.717, 1.165) is 4.70 Å². The van der Waals surface area contributed by atoms with Crippen LogP contribution in [0.5, 0.6) is 10.9 Å². The second-order valence-corrected chi connectivity index (χ2v) is 7.95. The Hall–Kier alpha value is -2.38. The molecule has 1 saturated heterocycles. The number of nitrogens with zero attached hydrogens (tertiary/aromatic N) is 2. The number of carbonyl (C=O) groups is 1. The maximum atomic E-state index is 13.8. The predicted octanol–water partition coefficient (Wildman–Crippen LogP) is 4.78. The van der Waals surface area contributed by atoms with Crippen LogP contribution in [0.25, 0.3) is 10.2 Å². The molecule has 0 bridgehead atoms. The standard InChI is InChI=1S/C20H18ClFN2O3S/c1-26-16-6-5-12(21)11-14(16)19(25)24-9-7-13(8-10-24)27-20-23-18-15(22)3-2-4-17(18)28-20/h2-6,11,13H,7-10H2,1H3. The summed E-state index contributed by atoms with van der Waals surface area (Å²) in [4.78, 5) is 18.9. The van der Waals surface area contributed by atoms with Crippen molar-refractivity contribution < 1.29 is 18.7 Å². The number of rotatable bonds is 4. The number of fused-ring (bicyclic) bond motifs is 1. The van der Waals surface area contributed by atoms with Crippen molar-refractivity contribution in [2.75, 3.05) is 20.2 Å². The molecule has 0 unspecified atom stereocenters. The highest BCUT2D eigenvalue weighted by Gasteiger charge is 2.27. The van der Waals surface area contributed by atoms with E-state index in [4.69, 9.17) is 21.1 Å². The van der Waals surface area contributed by atoms with Gasteiger partial charge in [-0.05, 0) is 30.3 Å². The fourth-order valence-electron chi connectivity index (χ4n) is 3.28. The van der Waals surface area contributed by atoms with E-state index in [-0.39, 0.29) is 17.8 Å². The smallest absolute Gasteiger partial charge is 0.274 e. The van der Waals surface area contributed by atoms with Gasteiger partial charge in [-0.3, -0.25) is 4.79 Å². The molecule has 3 aromatic rings. The van der Waals surface area contributed by atoms with Crippen molar-refractivity contribution in [3.05, 3.63) is 52.8 Å². The summed E-state index contributed by atoms with van der Waals surface area (Å²) in [5.74, 6) is 0.0450.